The quantitative estimate of drug-likeness (QED) is 0.793. The maximum Gasteiger partial charge on any atom is 0.0457 e. The molecule has 0 unspecified atom stereocenters. The van der Waals surface area contributed by atoms with Gasteiger partial charge in [0.1, 0.15) is 0 Å². The highest BCUT2D eigenvalue weighted by Gasteiger charge is 2.35. The van der Waals surface area contributed by atoms with Crippen LogP contribution in [0.25, 0.3) is 10.9 Å². The number of hydrogen-bond acceptors (Lipinski definition) is 1. The van der Waals surface area contributed by atoms with E-state index in [4.69, 9.17) is 5.73 Å². The number of nitrogens with two attached hydrogens (primary N) is 1. The fourth-order valence-corrected chi connectivity index (χ4v) is 3.15. The summed E-state index contributed by atoms with van der Waals surface area (Å²) < 4.78 is 0. The fourth-order valence-electron chi connectivity index (χ4n) is 3.15. The topological polar surface area (TPSA) is 41.8 Å². The van der Waals surface area contributed by atoms with Gasteiger partial charge in [0, 0.05) is 29.1 Å². The summed E-state index contributed by atoms with van der Waals surface area (Å²) >= 11 is 0. The maximum atomic E-state index is 6.04. The van der Waals surface area contributed by atoms with Gasteiger partial charge in [0.05, 0.1) is 0 Å². The number of aromatic amines is 1. The Morgan fingerprint density at radius 1 is 1.19 bits per heavy atom. The molecule has 84 valence electrons. The summed E-state index contributed by atoms with van der Waals surface area (Å²) in [5, 5.41) is 1.36. The van der Waals surface area contributed by atoms with Crippen molar-refractivity contribution in [3.63, 3.8) is 0 Å². The largest absolute Gasteiger partial charge is 0.361 e. The van der Waals surface area contributed by atoms with E-state index < -0.39 is 0 Å². The highest BCUT2D eigenvalue weighted by Crippen LogP contribution is 2.42. The first-order valence-corrected chi connectivity index (χ1v) is 6.12. The molecule has 0 amide bonds. The number of rotatable bonds is 2. The lowest BCUT2D eigenvalue weighted by Crippen LogP contribution is -2.31. The predicted octanol–water partition coefficient (Wildman–Crippen LogP) is 2.94. The number of hydrogen-bond donors (Lipinski definition) is 2. The number of aromatic nitrogens is 1. The van der Waals surface area contributed by atoms with Crippen LogP contribution >= 0.6 is 0 Å². The molecule has 2 nitrogen and oxygen atoms in total. The van der Waals surface area contributed by atoms with Gasteiger partial charge in [-0.3, -0.25) is 0 Å². The number of benzene rings is 1. The minimum Gasteiger partial charge on any atom is -0.361 e. The molecule has 2 heteroatoms. The first-order valence-electron chi connectivity index (χ1n) is 6.12. The van der Waals surface area contributed by atoms with Crippen molar-refractivity contribution in [3.8, 4) is 0 Å². The van der Waals surface area contributed by atoms with Gasteiger partial charge in [-0.05, 0) is 24.5 Å². The van der Waals surface area contributed by atoms with E-state index in [0.717, 1.165) is 6.54 Å². The monoisotopic (exact) mass is 214 g/mol. The van der Waals surface area contributed by atoms with Crippen molar-refractivity contribution in [2.75, 3.05) is 6.54 Å². The summed E-state index contributed by atoms with van der Waals surface area (Å²) in [5.74, 6) is 0. The van der Waals surface area contributed by atoms with Gasteiger partial charge in [-0.15, -0.1) is 0 Å². The number of para-hydroxylation sites is 1. The molecule has 1 aliphatic carbocycles. The molecule has 2 aromatic rings. The van der Waals surface area contributed by atoms with Crippen LogP contribution in [0.5, 0.6) is 0 Å². The first-order chi connectivity index (χ1) is 7.86. The van der Waals surface area contributed by atoms with Crippen molar-refractivity contribution in [2.45, 2.75) is 31.1 Å². The molecule has 0 bridgehead atoms. The van der Waals surface area contributed by atoms with E-state index in [2.05, 4.69) is 35.4 Å². The Morgan fingerprint density at radius 2 is 1.94 bits per heavy atom. The smallest absolute Gasteiger partial charge is 0.0457 e. The summed E-state index contributed by atoms with van der Waals surface area (Å²) in [6.07, 6.45) is 7.28. The average Bonchev–Trinajstić information content (AvgIpc) is 2.96. The molecule has 0 atom stereocenters. The van der Waals surface area contributed by atoms with Crippen molar-refractivity contribution in [1.29, 1.82) is 0 Å². The van der Waals surface area contributed by atoms with Crippen LogP contribution in [0.1, 0.15) is 31.2 Å². The zero-order chi connectivity index (χ0) is 11.0. The number of nitrogens with one attached hydrogen (secondary N) is 1. The molecular formula is C14H18N2. The van der Waals surface area contributed by atoms with E-state index in [1.165, 1.54) is 42.1 Å². The Bertz CT molecular complexity index is 492. The molecule has 1 saturated carbocycles. The summed E-state index contributed by atoms with van der Waals surface area (Å²) in [5.41, 5.74) is 8.94. The van der Waals surface area contributed by atoms with Gasteiger partial charge in [0.2, 0.25) is 0 Å². The lowest BCUT2D eigenvalue weighted by atomic mass is 9.79. The van der Waals surface area contributed by atoms with Gasteiger partial charge >= 0.3 is 0 Å². The third-order valence-electron chi connectivity index (χ3n) is 4.11. The van der Waals surface area contributed by atoms with Crippen LogP contribution in [0, 0.1) is 0 Å². The second kappa shape index (κ2) is 3.63. The van der Waals surface area contributed by atoms with E-state index in [1.807, 2.05) is 0 Å². The van der Waals surface area contributed by atoms with E-state index in [1.54, 1.807) is 0 Å². The van der Waals surface area contributed by atoms with Crippen molar-refractivity contribution in [3.05, 3.63) is 36.0 Å². The molecule has 1 aliphatic rings. The molecular weight excluding hydrogens is 196 g/mol. The molecule has 3 rings (SSSR count). The first kappa shape index (κ1) is 9.91. The zero-order valence-corrected chi connectivity index (χ0v) is 9.50. The maximum absolute atomic E-state index is 6.04. The fraction of sp³-hybridized carbons (Fsp3) is 0.429. The van der Waals surface area contributed by atoms with Gasteiger partial charge in [0.15, 0.2) is 0 Å². The summed E-state index contributed by atoms with van der Waals surface area (Å²) in [6.45, 7) is 0.773. The average molecular weight is 214 g/mol. The predicted molar refractivity (Wildman–Crippen MR) is 67.5 cm³/mol. The summed E-state index contributed by atoms with van der Waals surface area (Å²) in [6, 6.07) is 8.53. The molecule has 1 fully saturated rings. The minimum atomic E-state index is 0.236. The Hall–Kier alpha value is -1.28. The van der Waals surface area contributed by atoms with Crippen LogP contribution in [0.2, 0.25) is 0 Å². The molecule has 1 aromatic heterocycles. The SMILES string of the molecule is NCC1(c2c[nH]c3ccccc23)CCCC1. The summed E-state index contributed by atoms with van der Waals surface area (Å²) in [4.78, 5) is 3.37. The zero-order valence-electron chi connectivity index (χ0n) is 9.50. The highest BCUT2D eigenvalue weighted by molar-refractivity contribution is 5.84. The lowest BCUT2D eigenvalue weighted by Gasteiger charge is -2.26. The van der Waals surface area contributed by atoms with E-state index >= 15 is 0 Å². The van der Waals surface area contributed by atoms with Crippen LogP contribution < -0.4 is 5.73 Å². The molecule has 16 heavy (non-hydrogen) atoms. The molecule has 1 aromatic carbocycles. The second-order valence-corrected chi connectivity index (χ2v) is 4.94. The van der Waals surface area contributed by atoms with Crippen LogP contribution in [0.15, 0.2) is 30.5 Å². The highest BCUT2D eigenvalue weighted by atomic mass is 14.7. The van der Waals surface area contributed by atoms with E-state index in [9.17, 15) is 0 Å². The molecule has 0 radical (unpaired) electrons. The molecule has 1 heterocycles. The van der Waals surface area contributed by atoms with Crippen molar-refractivity contribution >= 4 is 10.9 Å². The Balaban J connectivity index is 2.17. The van der Waals surface area contributed by atoms with Crippen LogP contribution in [0.4, 0.5) is 0 Å². The molecule has 0 saturated heterocycles. The minimum absolute atomic E-state index is 0.236. The normalized spacial score (nSPS) is 19.3. The third kappa shape index (κ3) is 1.30. The van der Waals surface area contributed by atoms with Crippen molar-refractivity contribution in [1.82, 2.24) is 4.98 Å². The van der Waals surface area contributed by atoms with Crippen molar-refractivity contribution < 1.29 is 0 Å². The van der Waals surface area contributed by atoms with Crippen LogP contribution in [-0.2, 0) is 5.41 Å². The molecule has 3 N–H and O–H groups in total. The third-order valence-corrected chi connectivity index (χ3v) is 4.11. The van der Waals surface area contributed by atoms with Crippen LogP contribution in [0.3, 0.4) is 0 Å². The lowest BCUT2D eigenvalue weighted by molar-refractivity contribution is 0.457. The van der Waals surface area contributed by atoms with Gasteiger partial charge in [-0.2, -0.15) is 0 Å². The number of H-pyrrole nitrogens is 1. The van der Waals surface area contributed by atoms with Gasteiger partial charge in [-0.1, -0.05) is 31.0 Å². The molecule has 0 aliphatic heterocycles. The Labute approximate surface area is 95.8 Å². The molecule has 0 spiro atoms. The Morgan fingerprint density at radius 3 is 2.69 bits per heavy atom. The van der Waals surface area contributed by atoms with Crippen LogP contribution in [-0.4, -0.2) is 11.5 Å². The van der Waals surface area contributed by atoms with Crippen molar-refractivity contribution in [2.24, 2.45) is 5.73 Å². The second-order valence-electron chi connectivity index (χ2n) is 4.94. The van der Waals surface area contributed by atoms with E-state index in [0.29, 0.717) is 0 Å². The Kier molecular flexibility index (Phi) is 2.25. The van der Waals surface area contributed by atoms with Gasteiger partial charge in [0.25, 0.3) is 0 Å². The van der Waals surface area contributed by atoms with Gasteiger partial charge < -0.3 is 10.7 Å². The standard InChI is InChI=1S/C14H18N2/c15-10-14(7-3-4-8-14)12-9-16-13-6-2-1-5-11(12)13/h1-2,5-6,9,16H,3-4,7-8,10,15H2. The summed E-state index contributed by atoms with van der Waals surface area (Å²) in [7, 11) is 0. The van der Waals surface area contributed by atoms with Gasteiger partial charge in [-0.25, -0.2) is 0 Å². The number of fused-ring (bicyclic) bond motifs is 1. The van der Waals surface area contributed by atoms with E-state index in [-0.39, 0.29) is 5.41 Å².